The second-order valence-electron chi connectivity index (χ2n) is 3.64. The first-order valence-electron chi connectivity index (χ1n) is 5.23. The zero-order chi connectivity index (χ0) is 13.1. The fourth-order valence-corrected chi connectivity index (χ4v) is 2.10. The SMILES string of the molecule is CSc1ccccc1NC1=CC(=O)C(=O)C=C1O. The van der Waals surface area contributed by atoms with Crippen LogP contribution >= 0.6 is 11.8 Å². The number of allylic oxidation sites excluding steroid dienone is 2. The van der Waals surface area contributed by atoms with Crippen LogP contribution in [0.15, 0.2) is 52.8 Å². The van der Waals surface area contributed by atoms with Crippen molar-refractivity contribution in [3.05, 3.63) is 47.9 Å². The monoisotopic (exact) mass is 261 g/mol. The smallest absolute Gasteiger partial charge is 0.229 e. The number of carbonyl (C=O) groups excluding carboxylic acids is 2. The number of rotatable bonds is 3. The Kier molecular flexibility index (Phi) is 3.53. The van der Waals surface area contributed by atoms with Crippen molar-refractivity contribution in [3.8, 4) is 0 Å². The molecule has 0 heterocycles. The van der Waals surface area contributed by atoms with Gasteiger partial charge >= 0.3 is 0 Å². The molecule has 92 valence electrons. The molecule has 2 N–H and O–H groups in total. The molecule has 18 heavy (non-hydrogen) atoms. The lowest BCUT2D eigenvalue weighted by Gasteiger charge is -2.14. The highest BCUT2D eigenvalue weighted by atomic mass is 32.2. The number of aliphatic hydroxyl groups is 1. The highest BCUT2D eigenvalue weighted by Crippen LogP contribution is 2.27. The zero-order valence-electron chi connectivity index (χ0n) is 9.64. The number of para-hydroxylation sites is 1. The molecule has 0 aliphatic heterocycles. The summed E-state index contributed by atoms with van der Waals surface area (Å²) in [5.74, 6) is -1.58. The van der Waals surface area contributed by atoms with Crippen LogP contribution in [0.5, 0.6) is 0 Å². The fourth-order valence-electron chi connectivity index (χ4n) is 1.54. The number of aliphatic hydroxyl groups excluding tert-OH is 1. The van der Waals surface area contributed by atoms with Gasteiger partial charge in [-0.3, -0.25) is 9.59 Å². The van der Waals surface area contributed by atoms with Gasteiger partial charge in [0.05, 0.1) is 11.4 Å². The molecule has 0 radical (unpaired) electrons. The first kappa shape index (κ1) is 12.4. The summed E-state index contributed by atoms with van der Waals surface area (Å²) in [5.41, 5.74) is 1.01. The summed E-state index contributed by atoms with van der Waals surface area (Å²) in [7, 11) is 0. The molecule has 0 atom stereocenters. The Bertz CT molecular complexity index is 575. The van der Waals surface area contributed by atoms with Crippen molar-refractivity contribution >= 4 is 29.0 Å². The van der Waals surface area contributed by atoms with E-state index in [9.17, 15) is 14.7 Å². The van der Waals surface area contributed by atoms with E-state index in [1.165, 1.54) is 0 Å². The van der Waals surface area contributed by atoms with Gasteiger partial charge in [0.2, 0.25) is 11.6 Å². The standard InChI is InChI=1S/C13H11NO3S/c1-18-13-5-3-2-4-8(13)14-9-6-11(16)12(17)7-10(9)15/h2-7,14-15H,1H3. The minimum Gasteiger partial charge on any atom is -0.506 e. The molecular formula is C13H11NO3S. The molecule has 5 heteroatoms. The highest BCUT2D eigenvalue weighted by molar-refractivity contribution is 7.98. The molecule has 0 bridgehead atoms. The predicted molar refractivity (Wildman–Crippen MR) is 70.7 cm³/mol. The van der Waals surface area contributed by atoms with Crippen LogP contribution in [0.2, 0.25) is 0 Å². The van der Waals surface area contributed by atoms with Crippen molar-refractivity contribution < 1.29 is 14.7 Å². The van der Waals surface area contributed by atoms with E-state index in [2.05, 4.69) is 5.32 Å². The molecule has 2 rings (SSSR count). The molecular weight excluding hydrogens is 250 g/mol. The lowest BCUT2D eigenvalue weighted by molar-refractivity contribution is -0.131. The number of nitrogens with one attached hydrogen (secondary N) is 1. The maximum absolute atomic E-state index is 11.3. The summed E-state index contributed by atoms with van der Waals surface area (Å²) in [6.07, 6.45) is 3.96. The van der Waals surface area contributed by atoms with Crippen LogP contribution in [0.1, 0.15) is 0 Å². The minimum absolute atomic E-state index is 0.226. The second-order valence-corrected chi connectivity index (χ2v) is 4.49. The van der Waals surface area contributed by atoms with E-state index in [-0.39, 0.29) is 11.5 Å². The second kappa shape index (κ2) is 5.10. The van der Waals surface area contributed by atoms with Gasteiger partial charge in [-0.05, 0) is 18.4 Å². The summed E-state index contributed by atoms with van der Waals surface area (Å²) in [5, 5.41) is 12.6. The average Bonchev–Trinajstić information content (AvgIpc) is 2.36. The molecule has 0 saturated carbocycles. The van der Waals surface area contributed by atoms with Gasteiger partial charge in [0, 0.05) is 17.0 Å². The quantitative estimate of drug-likeness (QED) is 0.496. The lowest BCUT2D eigenvalue weighted by Crippen LogP contribution is -2.18. The Morgan fingerprint density at radius 3 is 2.50 bits per heavy atom. The molecule has 1 aliphatic rings. The van der Waals surface area contributed by atoms with Gasteiger partial charge in [0.25, 0.3) is 0 Å². The van der Waals surface area contributed by atoms with Gasteiger partial charge in [0.15, 0.2) is 0 Å². The van der Waals surface area contributed by atoms with Crippen molar-refractivity contribution in [1.29, 1.82) is 0 Å². The molecule has 1 aliphatic carbocycles. The molecule has 1 aromatic rings. The van der Waals surface area contributed by atoms with Crippen LogP contribution in [-0.2, 0) is 9.59 Å². The highest BCUT2D eigenvalue weighted by Gasteiger charge is 2.20. The fraction of sp³-hybridized carbons (Fsp3) is 0.0769. The van der Waals surface area contributed by atoms with Crippen LogP contribution in [0, 0.1) is 0 Å². The van der Waals surface area contributed by atoms with Crippen LogP contribution < -0.4 is 5.32 Å². The van der Waals surface area contributed by atoms with Crippen LogP contribution in [0.3, 0.4) is 0 Å². The number of ketones is 2. The number of hydrogen-bond acceptors (Lipinski definition) is 5. The van der Waals surface area contributed by atoms with Crippen LogP contribution in [0.4, 0.5) is 5.69 Å². The van der Waals surface area contributed by atoms with Crippen molar-refractivity contribution in [1.82, 2.24) is 0 Å². The van der Waals surface area contributed by atoms with Crippen molar-refractivity contribution in [2.45, 2.75) is 4.90 Å². The van der Waals surface area contributed by atoms with E-state index < -0.39 is 11.6 Å². The van der Waals surface area contributed by atoms with E-state index >= 15 is 0 Å². The van der Waals surface area contributed by atoms with Crippen molar-refractivity contribution in [2.24, 2.45) is 0 Å². The third kappa shape index (κ3) is 2.46. The van der Waals surface area contributed by atoms with Crippen molar-refractivity contribution in [2.75, 3.05) is 11.6 Å². The number of carbonyl (C=O) groups is 2. The summed E-state index contributed by atoms with van der Waals surface area (Å²) >= 11 is 1.54. The molecule has 0 aromatic heterocycles. The number of hydrogen-bond donors (Lipinski definition) is 2. The Morgan fingerprint density at radius 1 is 1.11 bits per heavy atom. The molecule has 0 amide bonds. The maximum Gasteiger partial charge on any atom is 0.229 e. The topological polar surface area (TPSA) is 66.4 Å². The third-order valence-corrected chi connectivity index (χ3v) is 3.23. The van der Waals surface area contributed by atoms with E-state index in [1.807, 2.05) is 30.5 Å². The summed E-state index contributed by atoms with van der Waals surface area (Å²) < 4.78 is 0. The van der Waals surface area contributed by atoms with E-state index in [0.717, 1.165) is 22.7 Å². The molecule has 0 saturated heterocycles. The summed E-state index contributed by atoms with van der Waals surface area (Å²) in [6.45, 7) is 0. The summed E-state index contributed by atoms with van der Waals surface area (Å²) in [4.78, 5) is 23.3. The first-order chi connectivity index (χ1) is 8.61. The van der Waals surface area contributed by atoms with Crippen LogP contribution in [-0.4, -0.2) is 22.9 Å². The molecule has 4 nitrogen and oxygen atoms in total. The summed E-state index contributed by atoms with van der Waals surface area (Å²) in [6, 6.07) is 7.50. The number of thioether (sulfide) groups is 1. The van der Waals surface area contributed by atoms with E-state index in [1.54, 1.807) is 11.8 Å². The van der Waals surface area contributed by atoms with Crippen molar-refractivity contribution in [3.63, 3.8) is 0 Å². The molecule has 0 fully saturated rings. The van der Waals surface area contributed by atoms with Gasteiger partial charge in [-0.2, -0.15) is 0 Å². The van der Waals surface area contributed by atoms with Crippen LogP contribution in [0.25, 0.3) is 0 Å². The Hall–Kier alpha value is -2.01. The molecule has 0 unspecified atom stereocenters. The average molecular weight is 261 g/mol. The Labute approximate surface area is 108 Å². The number of benzene rings is 1. The van der Waals surface area contributed by atoms with E-state index in [4.69, 9.17) is 0 Å². The van der Waals surface area contributed by atoms with Gasteiger partial charge in [-0.1, -0.05) is 12.1 Å². The van der Waals surface area contributed by atoms with Gasteiger partial charge in [-0.25, -0.2) is 0 Å². The maximum atomic E-state index is 11.3. The molecule has 1 aromatic carbocycles. The largest absolute Gasteiger partial charge is 0.506 e. The zero-order valence-corrected chi connectivity index (χ0v) is 10.5. The Morgan fingerprint density at radius 2 is 1.78 bits per heavy atom. The minimum atomic E-state index is -0.712. The Balaban J connectivity index is 2.29. The molecule has 0 spiro atoms. The normalized spacial score (nSPS) is 15.2. The van der Waals surface area contributed by atoms with E-state index in [0.29, 0.717) is 0 Å². The van der Waals surface area contributed by atoms with Gasteiger partial charge in [-0.15, -0.1) is 11.8 Å². The third-order valence-electron chi connectivity index (χ3n) is 2.44. The first-order valence-corrected chi connectivity index (χ1v) is 6.45. The predicted octanol–water partition coefficient (Wildman–Crippen LogP) is 2.30. The van der Waals surface area contributed by atoms with Gasteiger partial charge in [0.1, 0.15) is 5.76 Å². The lowest BCUT2D eigenvalue weighted by atomic mass is 10.1. The number of anilines is 1. The van der Waals surface area contributed by atoms with Gasteiger partial charge < -0.3 is 10.4 Å².